The summed E-state index contributed by atoms with van der Waals surface area (Å²) in [7, 11) is 0. The van der Waals surface area contributed by atoms with Crippen molar-refractivity contribution >= 4 is 17.7 Å². The van der Waals surface area contributed by atoms with Crippen molar-refractivity contribution in [3.05, 3.63) is 53.1 Å². The van der Waals surface area contributed by atoms with E-state index < -0.39 is 29.6 Å². The largest absolute Gasteiger partial charge is 0.340 e. The third-order valence-electron chi connectivity index (χ3n) is 4.06. The Balaban J connectivity index is 1.93. The Bertz CT molecular complexity index is 861. The van der Waals surface area contributed by atoms with Crippen LogP contribution in [0.3, 0.4) is 0 Å². The lowest BCUT2D eigenvalue weighted by Gasteiger charge is -2.22. The number of benzene rings is 1. The maximum Gasteiger partial charge on any atom is 0.261 e. The van der Waals surface area contributed by atoms with Gasteiger partial charge in [0.05, 0.1) is 5.69 Å². The molecular weight excluding hydrogens is 365 g/mol. The summed E-state index contributed by atoms with van der Waals surface area (Å²) in [5, 5.41) is 6.77. The minimum atomic E-state index is -0.883. The fourth-order valence-electron chi connectivity index (χ4n) is 2.58. The van der Waals surface area contributed by atoms with Gasteiger partial charge in [0.25, 0.3) is 17.7 Å². The van der Waals surface area contributed by atoms with Crippen LogP contribution in [0.15, 0.2) is 30.3 Å². The van der Waals surface area contributed by atoms with Gasteiger partial charge in [0, 0.05) is 11.3 Å². The number of hydrogen-bond acceptors (Lipinski definition) is 4. The molecule has 3 amide bonds. The van der Waals surface area contributed by atoms with Crippen LogP contribution in [0, 0.1) is 25.6 Å². The van der Waals surface area contributed by atoms with E-state index >= 15 is 0 Å². The molecule has 0 fully saturated rings. The Labute approximate surface area is 162 Å². The number of hydrazine groups is 1. The normalized spacial score (nSPS) is 11.8. The third-order valence-corrected chi connectivity index (χ3v) is 4.06. The molecule has 0 aliphatic rings. The maximum absolute atomic E-state index is 13.0. The number of halogens is 1. The van der Waals surface area contributed by atoms with Crippen molar-refractivity contribution in [2.75, 3.05) is 0 Å². The molecule has 3 N–H and O–H groups in total. The zero-order chi connectivity index (χ0) is 20.8. The molecule has 1 aromatic heterocycles. The molecule has 0 saturated carbocycles. The Morgan fingerprint density at radius 1 is 1.11 bits per heavy atom. The van der Waals surface area contributed by atoms with E-state index in [0.717, 1.165) is 11.4 Å². The van der Waals surface area contributed by atoms with E-state index in [-0.39, 0.29) is 18.0 Å². The smallest absolute Gasteiger partial charge is 0.261 e. The molecule has 1 heterocycles. The standard InChI is InChI=1S/C19H24FN5O3/c1-11(2)17(21-18(27)14-5-7-15(20)8-6-14)19(28)23-22-16(26)10-25-13(4)9-12(3)24-25/h5-9,11,17H,10H2,1-4H3,(H,21,27)(H,22,26)(H,23,28)/t17-/m0/s1. The number of carbonyl (C=O) groups excluding carboxylic acids is 3. The Kier molecular flexibility index (Phi) is 6.86. The monoisotopic (exact) mass is 389 g/mol. The van der Waals surface area contributed by atoms with Gasteiger partial charge in [-0.1, -0.05) is 13.8 Å². The van der Waals surface area contributed by atoms with Gasteiger partial charge in [0.2, 0.25) is 0 Å². The molecule has 2 aromatic rings. The van der Waals surface area contributed by atoms with Crippen LogP contribution in [-0.4, -0.2) is 33.5 Å². The van der Waals surface area contributed by atoms with Crippen LogP contribution >= 0.6 is 0 Å². The predicted octanol–water partition coefficient (Wildman–Crippen LogP) is 1.24. The van der Waals surface area contributed by atoms with Crippen LogP contribution in [0.25, 0.3) is 0 Å². The van der Waals surface area contributed by atoms with Gasteiger partial charge in [-0.3, -0.25) is 29.9 Å². The molecule has 2 rings (SSSR count). The second-order valence-electron chi connectivity index (χ2n) is 6.82. The summed E-state index contributed by atoms with van der Waals surface area (Å²) in [6, 6.07) is 5.95. The Hall–Kier alpha value is -3.23. The highest BCUT2D eigenvalue weighted by atomic mass is 19.1. The summed E-state index contributed by atoms with van der Waals surface area (Å²) in [6.07, 6.45) is 0. The van der Waals surface area contributed by atoms with E-state index in [0.29, 0.717) is 0 Å². The average molecular weight is 389 g/mol. The Morgan fingerprint density at radius 2 is 1.75 bits per heavy atom. The minimum Gasteiger partial charge on any atom is -0.340 e. The molecule has 0 aliphatic heterocycles. The van der Waals surface area contributed by atoms with Gasteiger partial charge in [-0.2, -0.15) is 5.10 Å². The van der Waals surface area contributed by atoms with Crippen molar-refractivity contribution in [3.63, 3.8) is 0 Å². The summed E-state index contributed by atoms with van der Waals surface area (Å²) >= 11 is 0. The molecule has 1 aromatic carbocycles. The molecule has 8 nitrogen and oxygen atoms in total. The van der Waals surface area contributed by atoms with E-state index in [2.05, 4.69) is 21.3 Å². The van der Waals surface area contributed by atoms with E-state index in [1.807, 2.05) is 19.9 Å². The number of aryl methyl sites for hydroxylation is 2. The molecule has 1 atom stereocenters. The summed E-state index contributed by atoms with van der Waals surface area (Å²) in [5.41, 5.74) is 6.49. The van der Waals surface area contributed by atoms with Crippen LogP contribution in [0.4, 0.5) is 4.39 Å². The molecule has 28 heavy (non-hydrogen) atoms. The van der Waals surface area contributed by atoms with Gasteiger partial charge in [-0.15, -0.1) is 0 Å². The van der Waals surface area contributed by atoms with Crippen molar-refractivity contribution < 1.29 is 18.8 Å². The van der Waals surface area contributed by atoms with Gasteiger partial charge in [0.15, 0.2) is 0 Å². The van der Waals surface area contributed by atoms with E-state index in [1.165, 1.54) is 28.9 Å². The SMILES string of the molecule is Cc1cc(C)n(CC(=O)NNC(=O)[C@@H](NC(=O)c2ccc(F)cc2)C(C)C)n1. The summed E-state index contributed by atoms with van der Waals surface area (Å²) < 4.78 is 14.5. The second kappa shape index (κ2) is 9.12. The molecule has 0 saturated heterocycles. The number of carbonyl (C=O) groups is 3. The number of nitrogens with one attached hydrogen (secondary N) is 3. The number of amides is 3. The first kappa shape index (κ1) is 21.1. The quantitative estimate of drug-likeness (QED) is 0.647. The third kappa shape index (κ3) is 5.63. The zero-order valence-electron chi connectivity index (χ0n) is 16.2. The maximum atomic E-state index is 13.0. The van der Waals surface area contributed by atoms with Gasteiger partial charge in [-0.05, 0) is 50.1 Å². The average Bonchev–Trinajstić information content (AvgIpc) is 2.94. The van der Waals surface area contributed by atoms with Gasteiger partial charge < -0.3 is 5.32 Å². The number of nitrogens with zero attached hydrogens (tertiary/aromatic N) is 2. The highest BCUT2D eigenvalue weighted by molar-refractivity contribution is 5.97. The van der Waals surface area contributed by atoms with Crippen molar-refractivity contribution in [3.8, 4) is 0 Å². The molecule has 0 aliphatic carbocycles. The van der Waals surface area contributed by atoms with Crippen LogP contribution < -0.4 is 16.2 Å². The minimum absolute atomic E-state index is 0.0474. The molecule has 0 spiro atoms. The molecular formula is C19H24FN5O3. The van der Waals surface area contributed by atoms with Crippen LogP contribution in [0.5, 0.6) is 0 Å². The first-order valence-corrected chi connectivity index (χ1v) is 8.83. The zero-order valence-corrected chi connectivity index (χ0v) is 16.2. The molecule has 0 unspecified atom stereocenters. The highest BCUT2D eigenvalue weighted by Crippen LogP contribution is 2.07. The van der Waals surface area contributed by atoms with E-state index in [4.69, 9.17) is 0 Å². The van der Waals surface area contributed by atoms with Crippen molar-refractivity contribution in [2.45, 2.75) is 40.3 Å². The first-order chi connectivity index (χ1) is 13.2. The lowest BCUT2D eigenvalue weighted by molar-refractivity contribution is -0.130. The van der Waals surface area contributed by atoms with Crippen LogP contribution in [0.2, 0.25) is 0 Å². The molecule has 0 bridgehead atoms. The Morgan fingerprint density at radius 3 is 2.29 bits per heavy atom. The topological polar surface area (TPSA) is 105 Å². The lowest BCUT2D eigenvalue weighted by atomic mass is 10.0. The van der Waals surface area contributed by atoms with Crippen molar-refractivity contribution in [1.82, 2.24) is 25.9 Å². The van der Waals surface area contributed by atoms with Gasteiger partial charge >= 0.3 is 0 Å². The predicted molar refractivity (Wildman–Crippen MR) is 100 cm³/mol. The lowest BCUT2D eigenvalue weighted by Crippen LogP contribution is -2.54. The first-order valence-electron chi connectivity index (χ1n) is 8.83. The van der Waals surface area contributed by atoms with Gasteiger partial charge in [0.1, 0.15) is 18.4 Å². The molecule has 0 radical (unpaired) electrons. The number of hydrogen-bond donors (Lipinski definition) is 3. The molecule has 150 valence electrons. The van der Waals surface area contributed by atoms with Crippen molar-refractivity contribution in [2.24, 2.45) is 5.92 Å². The van der Waals surface area contributed by atoms with Crippen LogP contribution in [-0.2, 0) is 16.1 Å². The summed E-state index contributed by atoms with van der Waals surface area (Å²) in [4.78, 5) is 36.7. The summed E-state index contributed by atoms with van der Waals surface area (Å²) in [5.74, 6) is -2.22. The van der Waals surface area contributed by atoms with E-state index in [1.54, 1.807) is 13.8 Å². The second-order valence-corrected chi connectivity index (χ2v) is 6.82. The fraction of sp³-hybridized carbons (Fsp3) is 0.368. The fourth-order valence-corrected chi connectivity index (χ4v) is 2.58. The molecule has 9 heteroatoms. The van der Waals surface area contributed by atoms with Crippen LogP contribution in [0.1, 0.15) is 35.6 Å². The van der Waals surface area contributed by atoms with E-state index in [9.17, 15) is 18.8 Å². The number of aromatic nitrogens is 2. The van der Waals surface area contributed by atoms with Gasteiger partial charge in [-0.25, -0.2) is 4.39 Å². The highest BCUT2D eigenvalue weighted by Gasteiger charge is 2.25. The summed E-state index contributed by atoms with van der Waals surface area (Å²) in [6.45, 7) is 7.11. The number of rotatable bonds is 6. The van der Waals surface area contributed by atoms with Crippen molar-refractivity contribution in [1.29, 1.82) is 0 Å².